The van der Waals surface area contributed by atoms with Crippen molar-refractivity contribution < 1.29 is 13.9 Å². The molecule has 5 nitrogen and oxygen atoms in total. The molecule has 2 aromatic rings. The molecule has 1 aromatic carbocycles. The third kappa shape index (κ3) is 3.61. The molecule has 4 rings (SSSR count). The Morgan fingerprint density at radius 3 is 2.86 bits per heavy atom. The van der Waals surface area contributed by atoms with Crippen molar-refractivity contribution >= 4 is 16.8 Å². The average molecular weight is 383 g/mol. The maximum Gasteiger partial charge on any atom is 0.227 e. The van der Waals surface area contributed by atoms with Crippen LogP contribution in [0, 0.1) is 29.5 Å². The van der Waals surface area contributed by atoms with Crippen molar-refractivity contribution in [2.45, 2.75) is 32.3 Å². The summed E-state index contributed by atoms with van der Waals surface area (Å²) in [6.07, 6.45) is 4.25. The Morgan fingerprint density at radius 1 is 1.39 bits per heavy atom. The number of aromatic nitrogens is 1. The molecule has 2 fully saturated rings. The van der Waals surface area contributed by atoms with Crippen LogP contribution in [0.2, 0.25) is 0 Å². The summed E-state index contributed by atoms with van der Waals surface area (Å²) in [4.78, 5) is 16.7. The lowest BCUT2D eigenvalue weighted by Gasteiger charge is -2.20. The van der Waals surface area contributed by atoms with Crippen LogP contribution in [0.25, 0.3) is 10.9 Å². The van der Waals surface area contributed by atoms with Crippen LogP contribution in [0.4, 0.5) is 4.39 Å². The Labute approximate surface area is 164 Å². The number of nitrogens with one attached hydrogen (secondary N) is 1. The van der Waals surface area contributed by atoms with Gasteiger partial charge in [0.05, 0.1) is 11.6 Å². The molecule has 3 N–H and O–H groups in total. The van der Waals surface area contributed by atoms with E-state index in [4.69, 9.17) is 10.5 Å². The van der Waals surface area contributed by atoms with E-state index < -0.39 is 0 Å². The summed E-state index contributed by atoms with van der Waals surface area (Å²) in [5.74, 6) is 1.80. The second kappa shape index (κ2) is 7.51. The molecule has 0 bridgehead atoms. The minimum absolute atomic E-state index is 0.0333. The Morgan fingerprint density at radius 2 is 2.14 bits per heavy atom. The quantitative estimate of drug-likeness (QED) is 0.768. The van der Waals surface area contributed by atoms with Gasteiger partial charge in [-0.05, 0) is 67.8 Å². The standard InChI is InChI=1S/C22H26FN3O2/c1-12(5-7-24)26-22(27)13(2)21-16-10-15(11-17(16)21)28-20-6-8-25-19-4-3-14(23)9-18(19)20/h3-4,6,8-9,13,15-17,21H,1,5,7,10-11,24H2,2H3,(H,26,27)/t13?,15?,16-,17+,21?. The molecule has 6 heteroatoms. The highest BCUT2D eigenvalue weighted by Crippen LogP contribution is 2.61. The van der Waals surface area contributed by atoms with Gasteiger partial charge in [0.15, 0.2) is 0 Å². The van der Waals surface area contributed by atoms with Crippen molar-refractivity contribution in [2.75, 3.05) is 6.54 Å². The number of carbonyl (C=O) groups excluding carboxylic acids is 1. The number of hydrogen-bond acceptors (Lipinski definition) is 4. The molecular weight excluding hydrogens is 357 g/mol. The summed E-state index contributed by atoms with van der Waals surface area (Å²) in [6, 6.07) is 6.33. The first-order valence-corrected chi connectivity index (χ1v) is 9.87. The molecule has 2 aliphatic rings. The van der Waals surface area contributed by atoms with Crippen molar-refractivity contribution in [3.05, 3.63) is 48.6 Å². The number of rotatable bonds is 7. The molecule has 0 saturated heterocycles. The fourth-order valence-electron chi connectivity index (χ4n) is 4.75. The summed E-state index contributed by atoms with van der Waals surface area (Å²) in [7, 11) is 0. The van der Waals surface area contributed by atoms with Gasteiger partial charge in [0.2, 0.25) is 5.91 Å². The van der Waals surface area contributed by atoms with E-state index in [0.29, 0.717) is 47.6 Å². The number of fused-ring (bicyclic) bond motifs is 2. The maximum atomic E-state index is 13.6. The molecule has 2 saturated carbocycles. The lowest BCUT2D eigenvalue weighted by atomic mass is 9.97. The van der Waals surface area contributed by atoms with Gasteiger partial charge in [-0.2, -0.15) is 0 Å². The Balaban J connectivity index is 1.35. The lowest BCUT2D eigenvalue weighted by Crippen LogP contribution is -2.31. The highest BCUT2D eigenvalue weighted by molar-refractivity contribution is 5.84. The molecule has 5 atom stereocenters. The largest absolute Gasteiger partial charge is 0.490 e. The average Bonchev–Trinajstić information content (AvgIpc) is 3.16. The van der Waals surface area contributed by atoms with Crippen LogP contribution in [0.1, 0.15) is 26.2 Å². The molecule has 28 heavy (non-hydrogen) atoms. The van der Waals surface area contributed by atoms with E-state index in [9.17, 15) is 9.18 Å². The van der Waals surface area contributed by atoms with Crippen molar-refractivity contribution in [1.29, 1.82) is 0 Å². The molecule has 148 valence electrons. The maximum absolute atomic E-state index is 13.6. The Hall–Kier alpha value is -2.47. The van der Waals surface area contributed by atoms with E-state index in [1.165, 1.54) is 12.1 Å². The Bertz CT molecular complexity index is 904. The van der Waals surface area contributed by atoms with Crippen LogP contribution in [0.3, 0.4) is 0 Å². The number of ether oxygens (including phenoxy) is 1. The van der Waals surface area contributed by atoms with E-state index in [1.54, 1.807) is 18.3 Å². The number of nitrogens with zero attached hydrogens (tertiary/aromatic N) is 1. The SMILES string of the molecule is C=C(CCN)NC(=O)C(C)C1[C@H]2CC(Oc3ccnc4ccc(F)cc34)C[C@@H]12. The van der Waals surface area contributed by atoms with Crippen LogP contribution < -0.4 is 15.8 Å². The number of carbonyl (C=O) groups is 1. The number of amides is 1. The van der Waals surface area contributed by atoms with E-state index in [1.807, 2.05) is 6.92 Å². The van der Waals surface area contributed by atoms with E-state index >= 15 is 0 Å². The molecular formula is C22H26FN3O2. The number of halogens is 1. The van der Waals surface area contributed by atoms with E-state index in [2.05, 4.69) is 16.9 Å². The summed E-state index contributed by atoms with van der Waals surface area (Å²) < 4.78 is 19.8. The summed E-state index contributed by atoms with van der Waals surface area (Å²) in [6.45, 7) is 6.32. The monoisotopic (exact) mass is 383 g/mol. The van der Waals surface area contributed by atoms with E-state index in [-0.39, 0.29) is 23.7 Å². The Kier molecular flexibility index (Phi) is 5.06. The normalized spacial score (nSPS) is 26.5. The molecule has 3 unspecified atom stereocenters. The van der Waals surface area contributed by atoms with Crippen LogP contribution in [0.15, 0.2) is 42.7 Å². The smallest absolute Gasteiger partial charge is 0.227 e. The van der Waals surface area contributed by atoms with E-state index in [0.717, 1.165) is 18.4 Å². The predicted molar refractivity (Wildman–Crippen MR) is 106 cm³/mol. The minimum Gasteiger partial charge on any atom is -0.490 e. The van der Waals surface area contributed by atoms with Gasteiger partial charge in [-0.25, -0.2) is 4.39 Å². The molecule has 0 spiro atoms. The molecule has 1 amide bonds. The number of benzene rings is 1. The van der Waals surface area contributed by atoms with Gasteiger partial charge in [0, 0.05) is 23.2 Å². The van der Waals surface area contributed by atoms with Crippen molar-refractivity contribution in [3.8, 4) is 5.75 Å². The molecule has 2 aliphatic carbocycles. The third-order valence-electron chi connectivity index (χ3n) is 6.16. The number of nitrogens with two attached hydrogens (primary N) is 1. The van der Waals surface area contributed by atoms with Gasteiger partial charge in [0.25, 0.3) is 0 Å². The third-order valence-corrected chi connectivity index (χ3v) is 6.16. The van der Waals surface area contributed by atoms with Crippen LogP contribution >= 0.6 is 0 Å². The van der Waals surface area contributed by atoms with Crippen molar-refractivity contribution in [1.82, 2.24) is 10.3 Å². The predicted octanol–water partition coefficient (Wildman–Crippen LogP) is 3.39. The number of hydrogen-bond donors (Lipinski definition) is 2. The first kappa shape index (κ1) is 18.9. The highest BCUT2D eigenvalue weighted by atomic mass is 19.1. The van der Waals surface area contributed by atoms with Gasteiger partial charge in [-0.3, -0.25) is 9.78 Å². The summed E-state index contributed by atoms with van der Waals surface area (Å²) in [5, 5.41) is 3.58. The zero-order valence-electron chi connectivity index (χ0n) is 16.0. The van der Waals surface area contributed by atoms with Crippen LogP contribution in [-0.4, -0.2) is 23.5 Å². The van der Waals surface area contributed by atoms with Crippen molar-refractivity contribution in [2.24, 2.45) is 29.4 Å². The zero-order chi connectivity index (χ0) is 19.8. The van der Waals surface area contributed by atoms with Crippen LogP contribution in [0.5, 0.6) is 5.75 Å². The first-order chi connectivity index (χ1) is 13.5. The molecule has 1 aromatic heterocycles. The second-order valence-electron chi connectivity index (χ2n) is 8.01. The zero-order valence-corrected chi connectivity index (χ0v) is 16.0. The summed E-state index contributed by atoms with van der Waals surface area (Å²) >= 11 is 0. The van der Waals surface area contributed by atoms with Gasteiger partial charge in [-0.15, -0.1) is 0 Å². The molecule has 0 aliphatic heterocycles. The lowest BCUT2D eigenvalue weighted by molar-refractivity contribution is -0.124. The fraction of sp³-hybridized carbons (Fsp3) is 0.455. The summed E-state index contributed by atoms with van der Waals surface area (Å²) in [5.41, 5.74) is 6.91. The molecule has 1 heterocycles. The van der Waals surface area contributed by atoms with Crippen LogP contribution in [-0.2, 0) is 4.79 Å². The molecule has 0 radical (unpaired) electrons. The van der Waals surface area contributed by atoms with Gasteiger partial charge in [-0.1, -0.05) is 13.5 Å². The van der Waals surface area contributed by atoms with Gasteiger partial charge < -0.3 is 15.8 Å². The fourth-order valence-corrected chi connectivity index (χ4v) is 4.75. The van der Waals surface area contributed by atoms with Gasteiger partial charge in [0.1, 0.15) is 11.6 Å². The first-order valence-electron chi connectivity index (χ1n) is 9.87. The van der Waals surface area contributed by atoms with Crippen molar-refractivity contribution in [3.63, 3.8) is 0 Å². The highest BCUT2D eigenvalue weighted by Gasteiger charge is 2.59. The minimum atomic E-state index is -0.296. The second-order valence-corrected chi connectivity index (χ2v) is 8.01. The topological polar surface area (TPSA) is 77.2 Å². The number of pyridine rings is 1. The van der Waals surface area contributed by atoms with Gasteiger partial charge >= 0.3 is 0 Å².